The molecule has 3 aromatic heterocycles. The number of nitrogens with zero attached hydrogens (tertiary/aromatic N) is 6. The van der Waals surface area contributed by atoms with Gasteiger partial charge in [0.25, 0.3) is 0 Å². The fourth-order valence-corrected chi connectivity index (χ4v) is 3.76. The molecule has 1 fully saturated rings. The quantitative estimate of drug-likeness (QED) is 0.413. The van der Waals surface area contributed by atoms with Crippen LogP contribution in [-0.2, 0) is 11.3 Å². The first-order chi connectivity index (χ1) is 12.7. The summed E-state index contributed by atoms with van der Waals surface area (Å²) in [7, 11) is 0. The van der Waals surface area contributed by atoms with Gasteiger partial charge in [0.15, 0.2) is 0 Å². The standard InChI is InChI=1S/C17H17N6O2.Pb/c24-14-2-6-21(7-3-14)13-15-19-16(22-8-10-25-11-9-22)12-17(20-15)23-5-1-4-18-23;/h1-4,6-7,12H,8-11,13H2;. The zero-order valence-corrected chi connectivity index (χ0v) is 18.0. The van der Waals surface area contributed by atoms with Crippen molar-refractivity contribution in [3.8, 4) is 5.82 Å². The summed E-state index contributed by atoms with van der Waals surface area (Å²) in [6.07, 6.45) is 5.29. The number of morpholine rings is 1. The van der Waals surface area contributed by atoms with E-state index in [-0.39, 0.29) is 5.43 Å². The van der Waals surface area contributed by atoms with E-state index in [1.54, 1.807) is 18.6 Å². The second kappa shape index (κ2) is 7.66. The molecular weight excluding hydrogens is 527 g/mol. The molecule has 1 aliphatic heterocycles. The summed E-state index contributed by atoms with van der Waals surface area (Å²) in [4.78, 5) is 23.0. The Hall–Kier alpha value is -2.08. The van der Waals surface area contributed by atoms with Gasteiger partial charge in [0.1, 0.15) is 0 Å². The first-order valence-corrected chi connectivity index (χ1v) is 10.3. The Balaban J connectivity index is 1.73. The van der Waals surface area contributed by atoms with Crippen LogP contribution in [0.3, 0.4) is 0 Å². The molecule has 0 aliphatic carbocycles. The number of ether oxygens (including phenoxy) is 1. The topological polar surface area (TPSA) is 78.1 Å². The van der Waals surface area contributed by atoms with Crippen molar-refractivity contribution in [2.45, 2.75) is 6.54 Å². The van der Waals surface area contributed by atoms with Crippen molar-refractivity contribution in [3.63, 3.8) is 0 Å². The number of hydrogen-bond donors (Lipinski definition) is 0. The maximum atomic E-state index is 11.3. The summed E-state index contributed by atoms with van der Waals surface area (Å²) in [6.45, 7) is 3.49. The third-order valence-electron chi connectivity index (χ3n) is 4.12. The van der Waals surface area contributed by atoms with Gasteiger partial charge >= 0.3 is 166 Å². The molecule has 0 bridgehead atoms. The molecular formula is C17H17N6O2Pb. The molecule has 0 N–H and O–H groups in total. The molecule has 1 saturated heterocycles. The van der Waals surface area contributed by atoms with E-state index in [1.807, 2.05) is 21.4 Å². The van der Waals surface area contributed by atoms with Crippen molar-refractivity contribution in [2.75, 3.05) is 31.2 Å². The molecule has 131 valence electrons. The van der Waals surface area contributed by atoms with E-state index in [9.17, 15) is 4.79 Å². The molecule has 0 aromatic carbocycles. The Morgan fingerprint density at radius 1 is 1.08 bits per heavy atom. The van der Waals surface area contributed by atoms with Gasteiger partial charge in [0.2, 0.25) is 0 Å². The average Bonchev–Trinajstić information content (AvgIpc) is 3.10. The van der Waals surface area contributed by atoms with Gasteiger partial charge in [0.05, 0.1) is 0 Å². The summed E-state index contributed by atoms with van der Waals surface area (Å²) < 4.78 is 10.4. The van der Waals surface area contributed by atoms with E-state index >= 15 is 0 Å². The molecule has 8 nitrogen and oxygen atoms in total. The molecule has 3 aromatic rings. The zero-order chi connectivity index (χ0) is 17.9. The third-order valence-corrected chi connectivity index (χ3v) is 5.60. The molecule has 0 saturated carbocycles. The van der Waals surface area contributed by atoms with Crippen LogP contribution >= 0.6 is 0 Å². The Labute approximate surface area is 166 Å². The Bertz CT molecular complexity index is 943. The van der Waals surface area contributed by atoms with Gasteiger partial charge in [-0.3, -0.25) is 0 Å². The number of anilines is 1. The van der Waals surface area contributed by atoms with Gasteiger partial charge in [-0.25, -0.2) is 0 Å². The van der Waals surface area contributed by atoms with Gasteiger partial charge < -0.3 is 0 Å². The fraction of sp³-hybridized carbons (Fsp3) is 0.294. The second-order valence-corrected chi connectivity index (χ2v) is 7.93. The van der Waals surface area contributed by atoms with E-state index in [1.165, 1.54) is 12.1 Å². The van der Waals surface area contributed by atoms with Crippen molar-refractivity contribution >= 4 is 34.8 Å². The zero-order valence-electron chi connectivity index (χ0n) is 14.1. The number of pyridine rings is 1. The van der Waals surface area contributed by atoms with Crippen LogP contribution in [0.15, 0.2) is 47.7 Å². The summed E-state index contributed by atoms with van der Waals surface area (Å²) in [5.41, 5.74) is -0.0120. The monoisotopic (exact) mass is 545 g/mol. The predicted molar refractivity (Wildman–Crippen MR) is 97.4 cm³/mol. The van der Waals surface area contributed by atoms with Crippen LogP contribution < -0.4 is 13.6 Å². The second-order valence-electron chi connectivity index (χ2n) is 5.93. The summed E-state index contributed by atoms with van der Waals surface area (Å²) >= 11 is 0.881. The van der Waals surface area contributed by atoms with Gasteiger partial charge in [-0.2, -0.15) is 0 Å². The number of aromatic nitrogens is 5. The van der Waals surface area contributed by atoms with Crippen molar-refractivity contribution in [2.24, 2.45) is 0 Å². The first-order valence-electron chi connectivity index (χ1n) is 8.32. The molecule has 1 aliphatic rings. The van der Waals surface area contributed by atoms with Gasteiger partial charge in [-0.15, -0.1) is 0 Å². The molecule has 4 heterocycles. The maximum absolute atomic E-state index is 11.3. The molecule has 0 spiro atoms. The van der Waals surface area contributed by atoms with Crippen LogP contribution in [-0.4, -0.2) is 76.4 Å². The Morgan fingerprint density at radius 2 is 1.81 bits per heavy atom. The SMILES string of the molecule is O=c1ccn(Cc2nc(N3CCOCC3)cc(-n3ncc[c]3[Pb])n2)cc1. The normalized spacial score (nSPS) is 14.6. The van der Waals surface area contributed by atoms with E-state index in [0.717, 1.165) is 53.7 Å². The predicted octanol–water partition coefficient (Wildman–Crippen LogP) is -0.497. The van der Waals surface area contributed by atoms with E-state index < -0.39 is 0 Å². The van der Waals surface area contributed by atoms with Crippen LogP contribution in [0.2, 0.25) is 0 Å². The first kappa shape index (κ1) is 17.3. The molecule has 0 atom stereocenters. The molecule has 4 rings (SSSR count). The van der Waals surface area contributed by atoms with Crippen LogP contribution in [0.1, 0.15) is 5.82 Å². The fourth-order valence-electron chi connectivity index (χ4n) is 2.80. The molecule has 0 amide bonds. The molecule has 0 unspecified atom stereocenters. The van der Waals surface area contributed by atoms with Gasteiger partial charge in [-0.1, -0.05) is 0 Å². The third kappa shape index (κ3) is 3.85. The van der Waals surface area contributed by atoms with Crippen LogP contribution in [0.5, 0.6) is 0 Å². The summed E-state index contributed by atoms with van der Waals surface area (Å²) in [5, 5.41) is 4.40. The minimum atomic E-state index is -0.0120. The number of rotatable bonds is 4. The van der Waals surface area contributed by atoms with Crippen molar-refractivity contribution in [1.82, 2.24) is 24.3 Å². The minimum absolute atomic E-state index is 0.0120. The number of hydrogen-bond acceptors (Lipinski definition) is 6. The molecule has 26 heavy (non-hydrogen) atoms. The van der Waals surface area contributed by atoms with Crippen LogP contribution in [0.25, 0.3) is 5.82 Å². The molecule has 9 heteroatoms. The van der Waals surface area contributed by atoms with Gasteiger partial charge in [-0.05, 0) is 0 Å². The van der Waals surface area contributed by atoms with E-state index in [2.05, 4.69) is 10.00 Å². The molecule has 3 radical (unpaired) electrons. The van der Waals surface area contributed by atoms with Gasteiger partial charge in [0, 0.05) is 0 Å². The summed E-state index contributed by atoms with van der Waals surface area (Å²) in [6, 6.07) is 7.06. The Morgan fingerprint density at radius 3 is 2.50 bits per heavy atom. The van der Waals surface area contributed by atoms with Crippen LogP contribution in [0.4, 0.5) is 5.82 Å². The van der Waals surface area contributed by atoms with Crippen molar-refractivity contribution in [1.29, 1.82) is 0 Å². The Kier molecular flexibility index (Phi) is 5.11. The van der Waals surface area contributed by atoms with Crippen molar-refractivity contribution in [3.05, 3.63) is 58.9 Å². The van der Waals surface area contributed by atoms with Crippen molar-refractivity contribution < 1.29 is 4.74 Å². The van der Waals surface area contributed by atoms with E-state index in [0.29, 0.717) is 25.6 Å². The van der Waals surface area contributed by atoms with Crippen LogP contribution in [0, 0.1) is 0 Å². The summed E-state index contributed by atoms with van der Waals surface area (Å²) in [5.74, 6) is 2.34. The average molecular weight is 545 g/mol. The van der Waals surface area contributed by atoms with E-state index in [4.69, 9.17) is 14.7 Å².